The van der Waals surface area contributed by atoms with Gasteiger partial charge < -0.3 is 10.4 Å². The Morgan fingerprint density at radius 2 is 2.18 bits per heavy atom. The molecule has 2 N–H and O–H groups in total. The molecule has 0 aromatic carbocycles. The van der Waals surface area contributed by atoms with Crippen molar-refractivity contribution in [2.24, 2.45) is 7.05 Å². The van der Waals surface area contributed by atoms with Crippen LogP contribution in [0.1, 0.15) is 42.2 Å². The van der Waals surface area contributed by atoms with Crippen molar-refractivity contribution in [1.29, 1.82) is 0 Å². The van der Waals surface area contributed by atoms with E-state index in [2.05, 4.69) is 10.4 Å². The van der Waals surface area contributed by atoms with Gasteiger partial charge in [-0.15, -0.1) is 0 Å². The van der Waals surface area contributed by atoms with Crippen LogP contribution in [0.25, 0.3) is 0 Å². The minimum atomic E-state index is -0.930. The van der Waals surface area contributed by atoms with Crippen LogP contribution in [0.5, 0.6) is 0 Å². The molecule has 0 radical (unpaired) electrons. The number of carbonyl (C=O) groups is 2. The molecule has 0 saturated carbocycles. The summed E-state index contributed by atoms with van der Waals surface area (Å²) in [6.07, 6.45) is 1.56. The lowest BCUT2D eigenvalue weighted by atomic mass is 10.1. The number of aromatic nitrogens is 2. The summed E-state index contributed by atoms with van der Waals surface area (Å²) in [7, 11) is 1.75. The number of hydrogen-bond acceptors (Lipinski definition) is 3. The standard InChI is InChI=1S/C11H17N3O3/c1-7(2)10-8(6-14(3)13-10)11(17)12-5-4-9(15)16/h6-7H,4-5H2,1-3H3,(H,12,17)(H,15,16). The van der Waals surface area contributed by atoms with Gasteiger partial charge in [0.05, 0.1) is 17.7 Å². The normalized spacial score (nSPS) is 10.6. The summed E-state index contributed by atoms with van der Waals surface area (Å²) in [5.74, 6) is -1.06. The first-order chi connectivity index (χ1) is 7.91. The van der Waals surface area contributed by atoms with Gasteiger partial charge in [0.2, 0.25) is 0 Å². The number of carboxylic acids is 1. The first kappa shape index (κ1) is 13.2. The maximum atomic E-state index is 11.8. The van der Waals surface area contributed by atoms with E-state index in [1.54, 1.807) is 17.9 Å². The number of rotatable bonds is 5. The SMILES string of the molecule is CC(C)c1nn(C)cc1C(=O)NCCC(=O)O. The molecule has 17 heavy (non-hydrogen) atoms. The van der Waals surface area contributed by atoms with Gasteiger partial charge in [0.15, 0.2) is 0 Å². The Hall–Kier alpha value is -1.85. The zero-order valence-electron chi connectivity index (χ0n) is 10.2. The van der Waals surface area contributed by atoms with Crippen molar-refractivity contribution in [2.75, 3.05) is 6.54 Å². The number of aryl methyl sites for hydroxylation is 1. The van der Waals surface area contributed by atoms with Gasteiger partial charge in [0.25, 0.3) is 5.91 Å². The minimum absolute atomic E-state index is 0.0803. The summed E-state index contributed by atoms with van der Waals surface area (Å²) in [6, 6.07) is 0. The number of aliphatic carboxylic acids is 1. The van der Waals surface area contributed by atoms with E-state index in [0.717, 1.165) is 5.69 Å². The van der Waals surface area contributed by atoms with Crippen LogP contribution < -0.4 is 5.32 Å². The smallest absolute Gasteiger partial charge is 0.305 e. The van der Waals surface area contributed by atoms with Crippen LogP contribution in [0.2, 0.25) is 0 Å². The Labute approximate surface area is 99.6 Å². The summed E-state index contributed by atoms with van der Waals surface area (Å²) in [5.41, 5.74) is 1.23. The van der Waals surface area contributed by atoms with Gasteiger partial charge in [-0.25, -0.2) is 0 Å². The maximum absolute atomic E-state index is 11.8. The molecule has 0 aliphatic rings. The zero-order valence-corrected chi connectivity index (χ0v) is 10.2. The minimum Gasteiger partial charge on any atom is -0.481 e. The molecule has 94 valence electrons. The third-order valence-electron chi connectivity index (χ3n) is 2.27. The van der Waals surface area contributed by atoms with Gasteiger partial charge in [-0.1, -0.05) is 13.8 Å². The van der Waals surface area contributed by atoms with E-state index in [1.165, 1.54) is 0 Å². The van der Waals surface area contributed by atoms with E-state index in [0.29, 0.717) is 5.56 Å². The van der Waals surface area contributed by atoms with Gasteiger partial charge in [-0.2, -0.15) is 5.10 Å². The van der Waals surface area contributed by atoms with Crippen LogP contribution in [0.3, 0.4) is 0 Å². The lowest BCUT2D eigenvalue weighted by Crippen LogP contribution is -2.26. The summed E-state index contributed by atoms with van der Waals surface area (Å²) in [4.78, 5) is 22.1. The molecule has 0 fully saturated rings. The Kier molecular flexibility index (Phi) is 4.25. The molecule has 0 aliphatic carbocycles. The van der Waals surface area contributed by atoms with Crippen LogP contribution in [0.4, 0.5) is 0 Å². The predicted molar refractivity (Wildman–Crippen MR) is 61.9 cm³/mol. The van der Waals surface area contributed by atoms with Crippen molar-refractivity contribution in [1.82, 2.24) is 15.1 Å². The molecule has 0 spiro atoms. The highest BCUT2D eigenvalue weighted by molar-refractivity contribution is 5.95. The third-order valence-corrected chi connectivity index (χ3v) is 2.27. The Morgan fingerprint density at radius 3 is 2.71 bits per heavy atom. The van der Waals surface area contributed by atoms with Crippen LogP contribution in [-0.4, -0.2) is 33.3 Å². The monoisotopic (exact) mass is 239 g/mol. The summed E-state index contributed by atoms with van der Waals surface area (Å²) in [6.45, 7) is 4.04. The molecule has 0 unspecified atom stereocenters. The number of hydrogen-bond donors (Lipinski definition) is 2. The molecular formula is C11H17N3O3. The first-order valence-electron chi connectivity index (χ1n) is 5.45. The van der Waals surface area contributed by atoms with E-state index < -0.39 is 5.97 Å². The fourth-order valence-electron chi connectivity index (χ4n) is 1.49. The second-order valence-electron chi connectivity index (χ2n) is 4.16. The van der Waals surface area contributed by atoms with Gasteiger partial charge in [0.1, 0.15) is 0 Å². The Bertz CT molecular complexity index is 424. The van der Waals surface area contributed by atoms with Crippen molar-refractivity contribution in [3.63, 3.8) is 0 Å². The average molecular weight is 239 g/mol. The van der Waals surface area contributed by atoms with Crippen molar-refractivity contribution in [2.45, 2.75) is 26.2 Å². The molecule has 6 heteroatoms. The molecular weight excluding hydrogens is 222 g/mol. The second-order valence-corrected chi connectivity index (χ2v) is 4.16. The zero-order chi connectivity index (χ0) is 13.0. The topological polar surface area (TPSA) is 84.2 Å². The third kappa shape index (κ3) is 3.58. The molecule has 1 rings (SSSR count). The van der Waals surface area contributed by atoms with Gasteiger partial charge in [-0.3, -0.25) is 14.3 Å². The molecule has 1 amide bonds. The lowest BCUT2D eigenvalue weighted by molar-refractivity contribution is -0.136. The number of amides is 1. The molecule has 1 aromatic heterocycles. The van der Waals surface area contributed by atoms with E-state index in [4.69, 9.17) is 5.11 Å². The number of carbonyl (C=O) groups excluding carboxylic acids is 1. The number of nitrogens with zero attached hydrogens (tertiary/aromatic N) is 2. The van der Waals surface area contributed by atoms with Crippen molar-refractivity contribution in [3.05, 3.63) is 17.5 Å². The van der Waals surface area contributed by atoms with Gasteiger partial charge in [-0.05, 0) is 5.92 Å². The van der Waals surface area contributed by atoms with Crippen LogP contribution in [0, 0.1) is 0 Å². The first-order valence-corrected chi connectivity index (χ1v) is 5.45. The number of nitrogens with one attached hydrogen (secondary N) is 1. The molecule has 6 nitrogen and oxygen atoms in total. The average Bonchev–Trinajstić information content (AvgIpc) is 2.59. The summed E-state index contributed by atoms with van der Waals surface area (Å²) >= 11 is 0. The summed E-state index contributed by atoms with van der Waals surface area (Å²) in [5, 5.41) is 15.3. The molecule has 1 aromatic rings. The Morgan fingerprint density at radius 1 is 1.53 bits per heavy atom. The Balaban J connectivity index is 2.71. The molecule has 1 heterocycles. The quantitative estimate of drug-likeness (QED) is 0.794. The van der Waals surface area contributed by atoms with E-state index >= 15 is 0 Å². The molecule has 0 aliphatic heterocycles. The fourth-order valence-corrected chi connectivity index (χ4v) is 1.49. The van der Waals surface area contributed by atoms with Crippen molar-refractivity contribution in [3.8, 4) is 0 Å². The second kappa shape index (κ2) is 5.47. The molecule has 0 atom stereocenters. The van der Waals surface area contributed by atoms with E-state index in [9.17, 15) is 9.59 Å². The van der Waals surface area contributed by atoms with E-state index in [-0.39, 0.29) is 24.8 Å². The summed E-state index contributed by atoms with van der Waals surface area (Å²) < 4.78 is 1.58. The number of carboxylic acid groups (broad SMARTS) is 1. The predicted octanol–water partition coefficient (Wildman–Crippen LogP) is 0.748. The lowest BCUT2D eigenvalue weighted by Gasteiger charge is -2.05. The van der Waals surface area contributed by atoms with Crippen LogP contribution in [0.15, 0.2) is 6.20 Å². The van der Waals surface area contributed by atoms with Crippen LogP contribution in [-0.2, 0) is 11.8 Å². The fraction of sp³-hybridized carbons (Fsp3) is 0.545. The maximum Gasteiger partial charge on any atom is 0.305 e. The molecule has 0 bridgehead atoms. The highest BCUT2D eigenvalue weighted by Gasteiger charge is 2.17. The molecule has 0 saturated heterocycles. The highest BCUT2D eigenvalue weighted by atomic mass is 16.4. The van der Waals surface area contributed by atoms with Crippen molar-refractivity contribution < 1.29 is 14.7 Å². The van der Waals surface area contributed by atoms with Crippen molar-refractivity contribution >= 4 is 11.9 Å². The van der Waals surface area contributed by atoms with E-state index in [1.807, 2.05) is 13.8 Å². The van der Waals surface area contributed by atoms with Crippen LogP contribution >= 0.6 is 0 Å². The van der Waals surface area contributed by atoms with Gasteiger partial charge >= 0.3 is 5.97 Å². The van der Waals surface area contributed by atoms with Gasteiger partial charge in [0, 0.05) is 19.8 Å². The largest absolute Gasteiger partial charge is 0.481 e. The highest BCUT2D eigenvalue weighted by Crippen LogP contribution is 2.16.